The highest BCUT2D eigenvalue weighted by atomic mass is 16.3. The van der Waals surface area contributed by atoms with Gasteiger partial charge in [-0.2, -0.15) is 0 Å². The van der Waals surface area contributed by atoms with Gasteiger partial charge in [0.15, 0.2) is 0 Å². The zero-order chi connectivity index (χ0) is 9.61. The summed E-state index contributed by atoms with van der Waals surface area (Å²) in [4.78, 5) is 0. The smallest absolute Gasteiger partial charge is 0.0532 e. The SMILES string of the molecule is NCC(N)CC(CO)(CO)CO. The van der Waals surface area contributed by atoms with Crippen molar-refractivity contribution < 1.29 is 15.3 Å². The highest BCUT2D eigenvalue weighted by Gasteiger charge is 2.29. The lowest BCUT2D eigenvalue weighted by atomic mass is 9.84. The van der Waals surface area contributed by atoms with Crippen molar-refractivity contribution in [2.45, 2.75) is 12.5 Å². The van der Waals surface area contributed by atoms with Gasteiger partial charge < -0.3 is 26.8 Å². The molecule has 0 amide bonds. The first-order valence-corrected chi connectivity index (χ1v) is 3.92. The van der Waals surface area contributed by atoms with Crippen molar-refractivity contribution in [3.05, 3.63) is 0 Å². The van der Waals surface area contributed by atoms with Crippen LogP contribution >= 0.6 is 0 Å². The topological polar surface area (TPSA) is 113 Å². The Bertz CT molecular complexity index is 109. The molecule has 1 unspecified atom stereocenters. The second kappa shape index (κ2) is 5.45. The molecule has 0 bridgehead atoms. The Balaban J connectivity index is 4.09. The van der Waals surface area contributed by atoms with Crippen LogP contribution in [0.4, 0.5) is 0 Å². The number of hydrogen-bond acceptors (Lipinski definition) is 5. The van der Waals surface area contributed by atoms with E-state index in [2.05, 4.69) is 0 Å². The summed E-state index contributed by atoms with van der Waals surface area (Å²) in [6, 6.07) is -0.295. The average molecular weight is 178 g/mol. The molecule has 0 aromatic rings. The summed E-state index contributed by atoms with van der Waals surface area (Å²) >= 11 is 0. The van der Waals surface area contributed by atoms with Crippen molar-refractivity contribution in [1.29, 1.82) is 0 Å². The molecule has 0 radical (unpaired) electrons. The van der Waals surface area contributed by atoms with Gasteiger partial charge in [-0.15, -0.1) is 0 Å². The second-order valence-corrected chi connectivity index (χ2v) is 3.17. The Labute approximate surface area is 72.0 Å². The van der Waals surface area contributed by atoms with Gasteiger partial charge in [0, 0.05) is 18.0 Å². The minimum Gasteiger partial charge on any atom is -0.396 e. The van der Waals surface area contributed by atoms with Crippen LogP contribution in [0.1, 0.15) is 6.42 Å². The van der Waals surface area contributed by atoms with Gasteiger partial charge in [0.25, 0.3) is 0 Å². The zero-order valence-corrected chi connectivity index (χ0v) is 7.11. The van der Waals surface area contributed by atoms with Crippen molar-refractivity contribution in [3.63, 3.8) is 0 Å². The molecule has 0 saturated carbocycles. The summed E-state index contributed by atoms with van der Waals surface area (Å²) in [6.45, 7) is -0.573. The van der Waals surface area contributed by atoms with Crippen LogP contribution in [0.2, 0.25) is 0 Å². The normalized spacial score (nSPS) is 14.8. The fourth-order valence-electron chi connectivity index (χ4n) is 0.983. The van der Waals surface area contributed by atoms with E-state index in [0.29, 0.717) is 6.42 Å². The molecule has 0 aromatic heterocycles. The number of hydrogen-bond donors (Lipinski definition) is 5. The predicted octanol–water partition coefficient (Wildman–Crippen LogP) is -2.37. The van der Waals surface area contributed by atoms with Gasteiger partial charge >= 0.3 is 0 Å². The van der Waals surface area contributed by atoms with Gasteiger partial charge in [-0.3, -0.25) is 0 Å². The minimum atomic E-state index is -0.890. The van der Waals surface area contributed by atoms with Crippen LogP contribution in [0.15, 0.2) is 0 Å². The fraction of sp³-hybridized carbons (Fsp3) is 1.00. The molecule has 7 N–H and O–H groups in total. The van der Waals surface area contributed by atoms with Crippen LogP contribution in [0.3, 0.4) is 0 Å². The molecule has 0 fully saturated rings. The maximum absolute atomic E-state index is 8.90. The molecular weight excluding hydrogens is 160 g/mol. The first-order valence-electron chi connectivity index (χ1n) is 3.92. The molecule has 5 heteroatoms. The molecule has 1 atom stereocenters. The van der Waals surface area contributed by atoms with Gasteiger partial charge in [0.1, 0.15) is 0 Å². The van der Waals surface area contributed by atoms with Crippen LogP contribution in [-0.4, -0.2) is 47.7 Å². The van der Waals surface area contributed by atoms with E-state index in [9.17, 15) is 0 Å². The van der Waals surface area contributed by atoms with E-state index in [1.165, 1.54) is 0 Å². The van der Waals surface area contributed by atoms with Crippen LogP contribution in [0.5, 0.6) is 0 Å². The molecule has 0 saturated heterocycles. The standard InChI is InChI=1S/C7H18N2O3/c8-2-6(9)1-7(3-10,4-11)5-12/h6,10-12H,1-5,8-9H2. The van der Waals surface area contributed by atoms with E-state index in [4.69, 9.17) is 26.8 Å². The first-order chi connectivity index (χ1) is 5.64. The summed E-state index contributed by atoms with van der Waals surface area (Å²) in [5, 5.41) is 26.7. The van der Waals surface area contributed by atoms with Gasteiger partial charge in [0.2, 0.25) is 0 Å². The largest absolute Gasteiger partial charge is 0.396 e. The Kier molecular flexibility index (Phi) is 5.36. The summed E-state index contributed by atoms with van der Waals surface area (Å²) < 4.78 is 0. The van der Waals surface area contributed by atoms with Crippen molar-refractivity contribution in [2.24, 2.45) is 16.9 Å². The van der Waals surface area contributed by atoms with Gasteiger partial charge in [-0.05, 0) is 6.42 Å². The number of rotatable bonds is 6. The number of nitrogens with two attached hydrogens (primary N) is 2. The van der Waals surface area contributed by atoms with Crippen molar-refractivity contribution >= 4 is 0 Å². The fourth-order valence-corrected chi connectivity index (χ4v) is 0.983. The van der Waals surface area contributed by atoms with Gasteiger partial charge in [-0.1, -0.05) is 0 Å². The van der Waals surface area contributed by atoms with Crippen LogP contribution < -0.4 is 11.5 Å². The molecule has 0 rings (SSSR count). The van der Waals surface area contributed by atoms with Crippen molar-refractivity contribution in [2.75, 3.05) is 26.4 Å². The third-order valence-corrected chi connectivity index (χ3v) is 2.00. The van der Waals surface area contributed by atoms with Crippen molar-refractivity contribution in [1.82, 2.24) is 0 Å². The van der Waals surface area contributed by atoms with Gasteiger partial charge in [0.05, 0.1) is 19.8 Å². The Hall–Kier alpha value is -0.200. The first kappa shape index (κ1) is 11.8. The van der Waals surface area contributed by atoms with E-state index in [1.54, 1.807) is 0 Å². The third kappa shape index (κ3) is 3.04. The Morgan fingerprint density at radius 3 is 1.75 bits per heavy atom. The van der Waals surface area contributed by atoms with E-state index < -0.39 is 5.41 Å². The molecule has 0 aromatic carbocycles. The molecule has 0 aliphatic carbocycles. The summed E-state index contributed by atoms with van der Waals surface area (Å²) in [6.07, 6.45) is 0.326. The quantitative estimate of drug-likeness (QED) is 0.312. The van der Waals surface area contributed by atoms with Crippen LogP contribution in [-0.2, 0) is 0 Å². The summed E-state index contributed by atoms with van der Waals surface area (Å²) in [5.74, 6) is 0. The third-order valence-electron chi connectivity index (χ3n) is 2.00. The monoisotopic (exact) mass is 178 g/mol. The Morgan fingerprint density at radius 2 is 1.50 bits per heavy atom. The zero-order valence-electron chi connectivity index (χ0n) is 7.11. The molecule has 0 aliphatic rings. The second-order valence-electron chi connectivity index (χ2n) is 3.17. The highest BCUT2D eigenvalue weighted by molar-refractivity contribution is 4.82. The maximum Gasteiger partial charge on any atom is 0.0532 e. The number of aliphatic hydroxyl groups is 3. The van der Waals surface area contributed by atoms with E-state index in [-0.39, 0.29) is 32.4 Å². The van der Waals surface area contributed by atoms with Crippen LogP contribution in [0.25, 0.3) is 0 Å². The minimum absolute atomic E-state index is 0.280. The summed E-state index contributed by atoms with van der Waals surface area (Å²) in [7, 11) is 0. The lowest BCUT2D eigenvalue weighted by Crippen LogP contribution is -2.43. The molecule has 0 aliphatic heterocycles. The molecule has 74 valence electrons. The molecule has 12 heavy (non-hydrogen) atoms. The van der Waals surface area contributed by atoms with E-state index >= 15 is 0 Å². The molecule has 5 nitrogen and oxygen atoms in total. The van der Waals surface area contributed by atoms with Crippen molar-refractivity contribution in [3.8, 4) is 0 Å². The highest BCUT2D eigenvalue weighted by Crippen LogP contribution is 2.20. The lowest BCUT2D eigenvalue weighted by molar-refractivity contribution is -0.00458. The number of aliphatic hydroxyl groups excluding tert-OH is 3. The van der Waals surface area contributed by atoms with Crippen LogP contribution in [0, 0.1) is 5.41 Å². The Morgan fingerprint density at radius 1 is 1.08 bits per heavy atom. The molecular formula is C7H18N2O3. The molecule has 0 heterocycles. The van der Waals surface area contributed by atoms with E-state index in [0.717, 1.165) is 0 Å². The predicted molar refractivity (Wildman–Crippen MR) is 45.3 cm³/mol. The van der Waals surface area contributed by atoms with Gasteiger partial charge in [-0.25, -0.2) is 0 Å². The average Bonchev–Trinajstić information content (AvgIpc) is 2.14. The lowest BCUT2D eigenvalue weighted by Gasteiger charge is -2.29. The summed E-state index contributed by atoms with van der Waals surface area (Å²) in [5.41, 5.74) is 9.91. The maximum atomic E-state index is 8.90. The van der Waals surface area contributed by atoms with E-state index in [1.807, 2.05) is 0 Å². The molecule has 0 spiro atoms.